The maximum absolute atomic E-state index is 13.1. The minimum Gasteiger partial charge on any atom is -0.496 e. The molecule has 0 saturated heterocycles. The number of amides is 1. The number of ether oxygens (including phenoxy) is 1. The van der Waals surface area contributed by atoms with Crippen LogP contribution in [-0.4, -0.2) is 22.6 Å². The summed E-state index contributed by atoms with van der Waals surface area (Å²) >= 11 is 0. The molecule has 30 heavy (non-hydrogen) atoms. The van der Waals surface area contributed by atoms with Crippen LogP contribution in [0.3, 0.4) is 0 Å². The molecule has 0 bridgehead atoms. The van der Waals surface area contributed by atoms with Crippen molar-refractivity contribution in [2.24, 2.45) is 7.05 Å². The summed E-state index contributed by atoms with van der Waals surface area (Å²) in [5.74, 6) is 1.26. The fraction of sp³-hybridized carbons (Fsp3) is 0.120. The van der Waals surface area contributed by atoms with Crippen molar-refractivity contribution in [3.05, 3.63) is 108 Å². The number of carbonyl (C=O) groups is 1. The number of carbonyl (C=O) groups excluding carboxylic acids is 1. The molecular formula is C25H23N3O2. The highest BCUT2D eigenvalue weighted by molar-refractivity contribution is 5.95. The number of nitrogens with one attached hydrogen (secondary N) is 1. The number of hydrogen-bond acceptors (Lipinski definition) is 3. The first-order chi connectivity index (χ1) is 14.7. The predicted octanol–water partition coefficient (Wildman–Crippen LogP) is 4.62. The molecule has 1 aromatic heterocycles. The first kappa shape index (κ1) is 19.5. The van der Waals surface area contributed by atoms with Crippen molar-refractivity contribution in [1.29, 1.82) is 0 Å². The molecule has 1 atom stereocenters. The van der Waals surface area contributed by atoms with Gasteiger partial charge in [0, 0.05) is 30.6 Å². The Labute approximate surface area is 176 Å². The highest BCUT2D eigenvalue weighted by atomic mass is 16.5. The molecule has 0 spiro atoms. The van der Waals surface area contributed by atoms with Gasteiger partial charge in [0.25, 0.3) is 5.91 Å². The van der Waals surface area contributed by atoms with Crippen LogP contribution in [-0.2, 0) is 7.05 Å². The van der Waals surface area contributed by atoms with Gasteiger partial charge in [0.05, 0.1) is 7.11 Å². The van der Waals surface area contributed by atoms with Crippen LogP contribution >= 0.6 is 0 Å². The van der Waals surface area contributed by atoms with Gasteiger partial charge < -0.3 is 14.6 Å². The van der Waals surface area contributed by atoms with Gasteiger partial charge in [-0.25, -0.2) is 4.98 Å². The maximum atomic E-state index is 13.1. The number of benzene rings is 3. The lowest BCUT2D eigenvalue weighted by atomic mass is 10.0. The number of aryl methyl sites for hydroxylation is 1. The zero-order valence-electron chi connectivity index (χ0n) is 16.9. The van der Waals surface area contributed by atoms with E-state index in [4.69, 9.17) is 4.74 Å². The summed E-state index contributed by atoms with van der Waals surface area (Å²) in [5, 5.41) is 3.12. The van der Waals surface area contributed by atoms with E-state index in [1.807, 2.05) is 96.7 Å². The normalized spacial score (nSPS) is 11.7. The molecule has 3 aromatic carbocycles. The summed E-state index contributed by atoms with van der Waals surface area (Å²) in [7, 11) is 3.53. The lowest BCUT2D eigenvalue weighted by Gasteiger charge is -2.21. The fourth-order valence-electron chi connectivity index (χ4n) is 3.50. The van der Waals surface area contributed by atoms with Crippen molar-refractivity contribution in [2.75, 3.05) is 7.11 Å². The molecule has 0 aliphatic carbocycles. The Morgan fingerprint density at radius 1 is 0.933 bits per heavy atom. The lowest BCUT2D eigenvalue weighted by Crippen LogP contribution is -2.31. The third kappa shape index (κ3) is 3.96. The van der Waals surface area contributed by atoms with E-state index in [0.29, 0.717) is 11.3 Å². The molecule has 1 amide bonds. The van der Waals surface area contributed by atoms with Crippen molar-refractivity contribution in [1.82, 2.24) is 14.9 Å². The van der Waals surface area contributed by atoms with Crippen LogP contribution in [0.15, 0.2) is 91.3 Å². The third-order valence-corrected chi connectivity index (χ3v) is 5.10. The van der Waals surface area contributed by atoms with Crippen molar-refractivity contribution in [2.45, 2.75) is 6.04 Å². The molecule has 1 N–H and O–H groups in total. The molecule has 0 fully saturated rings. The maximum Gasteiger partial charge on any atom is 0.252 e. The van der Waals surface area contributed by atoms with E-state index in [-0.39, 0.29) is 5.91 Å². The quantitative estimate of drug-likeness (QED) is 0.517. The monoisotopic (exact) mass is 397 g/mol. The molecule has 4 aromatic rings. The summed E-state index contributed by atoms with van der Waals surface area (Å²) in [6.45, 7) is 0. The lowest BCUT2D eigenvalue weighted by molar-refractivity contribution is 0.0941. The highest BCUT2D eigenvalue weighted by Crippen LogP contribution is 2.29. The van der Waals surface area contributed by atoms with Crippen molar-refractivity contribution < 1.29 is 9.53 Å². The van der Waals surface area contributed by atoms with Gasteiger partial charge in [-0.3, -0.25) is 4.79 Å². The highest BCUT2D eigenvalue weighted by Gasteiger charge is 2.24. The van der Waals surface area contributed by atoms with E-state index < -0.39 is 6.04 Å². The van der Waals surface area contributed by atoms with Crippen LogP contribution in [0, 0.1) is 0 Å². The Morgan fingerprint density at radius 3 is 2.27 bits per heavy atom. The van der Waals surface area contributed by atoms with Crippen LogP contribution < -0.4 is 10.1 Å². The largest absolute Gasteiger partial charge is 0.496 e. The smallest absolute Gasteiger partial charge is 0.252 e. The number of nitrogens with zero attached hydrogens (tertiary/aromatic N) is 2. The Hall–Kier alpha value is -3.86. The Bertz CT molecular complexity index is 1130. The topological polar surface area (TPSA) is 56.1 Å². The van der Waals surface area contributed by atoms with Crippen LogP contribution in [0.5, 0.6) is 5.75 Å². The van der Waals surface area contributed by atoms with E-state index in [1.54, 1.807) is 13.3 Å². The minimum absolute atomic E-state index is 0.173. The van der Waals surface area contributed by atoms with Gasteiger partial charge in [-0.15, -0.1) is 0 Å². The average Bonchev–Trinajstić information content (AvgIpc) is 3.23. The Morgan fingerprint density at radius 2 is 1.60 bits per heavy atom. The van der Waals surface area contributed by atoms with Gasteiger partial charge in [-0.05, 0) is 29.3 Å². The van der Waals surface area contributed by atoms with E-state index in [9.17, 15) is 4.79 Å². The molecular weight excluding hydrogens is 374 g/mol. The summed E-state index contributed by atoms with van der Waals surface area (Å²) in [5.41, 5.74) is 3.62. The van der Waals surface area contributed by atoms with Gasteiger partial charge in [-0.1, -0.05) is 60.7 Å². The Balaban J connectivity index is 1.63. The van der Waals surface area contributed by atoms with E-state index in [0.717, 1.165) is 22.5 Å². The molecule has 1 unspecified atom stereocenters. The number of aromatic nitrogens is 2. The van der Waals surface area contributed by atoms with Crippen LogP contribution in [0.1, 0.15) is 27.8 Å². The van der Waals surface area contributed by atoms with Crippen molar-refractivity contribution >= 4 is 5.91 Å². The molecule has 0 radical (unpaired) electrons. The van der Waals surface area contributed by atoms with Crippen molar-refractivity contribution in [3.8, 4) is 16.9 Å². The van der Waals surface area contributed by atoms with E-state index in [1.165, 1.54) is 0 Å². The number of methoxy groups -OCH3 is 1. The number of para-hydroxylation sites is 1. The summed E-state index contributed by atoms with van der Waals surface area (Å²) in [6, 6.07) is 24.9. The number of hydrogen-bond donors (Lipinski definition) is 1. The van der Waals surface area contributed by atoms with Crippen molar-refractivity contribution in [3.63, 3.8) is 0 Å². The molecule has 4 rings (SSSR count). The first-order valence-corrected chi connectivity index (χ1v) is 9.74. The second-order valence-electron chi connectivity index (χ2n) is 6.99. The van der Waals surface area contributed by atoms with Crippen LogP contribution in [0.2, 0.25) is 0 Å². The molecule has 150 valence electrons. The summed E-state index contributed by atoms with van der Waals surface area (Å²) in [6.07, 6.45) is 3.58. The zero-order chi connectivity index (χ0) is 20.9. The van der Waals surface area contributed by atoms with Gasteiger partial charge in [0.2, 0.25) is 0 Å². The minimum atomic E-state index is -0.442. The molecule has 0 saturated carbocycles. The van der Waals surface area contributed by atoms with Gasteiger partial charge in [0.1, 0.15) is 17.6 Å². The van der Waals surface area contributed by atoms with E-state index in [2.05, 4.69) is 10.3 Å². The Kier molecular flexibility index (Phi) is 5.61. The number of imidazole rings is 1. The molecule has 5 nitrogen and oxygen atoms in total. The van der Waals surface area contributed by atoms with Gasteiger partial charge >= 0.3 is 0 Å². The standard InChI is InChI=1S/C25H23N3O2/c1-28-17-16-26-24(28)23(21-10-6-7-11-22(21)30-2)27-25(29)20-14-12-19(13-15-20)18-8-4-3-5-9-18/h3-17,23H,1-2H3,(H,27,29). The van der Waals surface area contributed by atoms with Gasteiger partial charge in [0.15, 0.2) is 0 Å². The molecule has 1 heterocycles. The summed E-state index contributed by atoms with van der Waals surface area (Å²) in [4.78, 5) is 17.6. The molecule has 0 aliphatic heterocycles. The average molecular weight is 397 g/mol. The van der Waals surface area contributed by atoms with E-state index >= 15 is 0 Å². The predicted molar refractivity (Wildman–Crippen MR) is 117 cm³/mol. The second kappa shape index (κ2) is 8.66. The number of rotatable bonds is 6. The third-order valence-electron chi connectivity index (χ3n) is 5.10. The fourth-order valence-corrected chi connectivity index (χ4v) is 3.50. The zero-order valence-corrected chi connectivity index (χ0v) is 16.9. The summed E-state index contributed by atoms with van der Waals surface area (Å²) < 4.78 is 7.43. The second-order valence-corrected chi connectivity index (χ2v) is 6.99. The first-order valence-electron chi connectivity index (χ1n) is 9.74. The SMILES string of the molecule is COc1ccccc1C(NC(=O)c1ccc(-c2ccccc2)cc1)c1nccn1C. The molecule has 0 aliphatic rings. The van der Waals surface area contributed by atoms with Crippen LogP contribution in [0.25, 0.3) is 11.1 Å². The molecule has 5 heteroatoms. The van der Waals surface area contributed by atoms with Crippen LogP contribution in [0.4, 0.5) is 0 Å². The van der Waals surface area contributed by atoms with Gasteiger partial charge in [-0.2, -0.15) is 0 Å².